The van der Waals surface area contributed by atoms with Crippen molar-refractivity contribution < 1.29 is 0 Å². The van der Waals surface area contributed by atoms with Crippen molar-refractivity contribution in [3.8, 4) is 0 Å². The number of fused-ring (bicyclic) bond motifs is 1. The maximum absolute atomic E-state index is 3.54. The second-order valence-electron chi connectivity index (χ2n) is 4.31. The van der Waals surface area contributed by atoms with Crippen LogP contribution in [0.4, 0.5) is 0 Å². The highest BCUT2D eigenvalue weighted by molar-refractivity contribution is 9.10. The van der Waals surface area contributed by atoms with Gasteiger partial charge in [0.25, 0.3) is 0 Å². The van der Waals surface area contributed by atoms with Gasteiger partial charge in [0.2, 0.25) is 0 Å². The van der Waals surface area contributed by atoms with Crippen LogP contribution in [0.5, 0.6) is 0 Å². The SMILES string of the molecule is CCCCC1=C(C)c2cc(Br)ccc2C1. The Kier molecular flexibility index (Phi) is 3.30. The highest BCUT2D eigenvalue weighted by atomic mass is 79.9. The summed E-state index contributed by atoms with van der Waals surface area (Å²) in [6.45, 7) is 4.53. The molecule has 0 unspecified atom stereocenters. The Bertz CT molecular complexity index is 402. The van der Waals surface area contributed by atoms with Gasteiger partial charge >= 0.3 is 0 Å². The smallest absolute Gasteiger partial charge is 0.0181 e. The fraction of sp³-hybridized carbons (Fsp3) is 0.429. The molecule has 0 bridgehead atoms. The number of hydrogen-bond donors (Lipinski definition) is 0. The van der Waals surface area contributed by atoms with Crippen LogP contribution in [0.1, 0.15) is 44.2 Å². The minimum absolute atomic E-state index is 1.18. The standard InChI is InChI=1S/C14H17Br/c1-3-4-5-11-8-12-6-7-13(15)9-14(12)10(11)2/h6-7,9H,3-5,8H2,1-2H3. The van der Waals surface area contributed by atoms with Gasteiger partial charge in [0, 0.05) is 4.47 Å². The zero-order valence-electron chi connectivity index (χ0n) is 9.44. The third-order valence-corrected chi connectivity index (χ3v) is 3.74. The van der Waals surface area contributed by atoms with Crippen molar-refractivity contribution in [2.75, 3.05) is 0 Å². The molecule has 1 aromatic carbocycles. The number of allylic oxidation sites excluding steroid dienone is 2. The van der Waals surface area contributed by atoms with Crippen molar-refractivity contribution in [3.05, 3.63) is 39.4 Å². The maximum atomic E-state index is 3.54. The maximum Gasteiger partial charge on any atom is 0.0181 e. The van der Waals surface area contributed by atoms with E-state index in [9.17, 15) is 0 Å². The molecule has 0 nitrogen and oxygen atoms in total. The Morgan fingerprint density at radius 3 is 2.87 bits per heavy atom. The van der Waals surface area contributed by atoms with Gasteiger partial charge in [-0.05, 0) is 55.0 Å². The molecule has 0 aliphatic heterocycles. The molecule has 0 spiro atoms. The molecule has 1 aliphatic rings. The fourth-order valence-electron chi connectivity index (χ4n) is 2.27. The zero-order valence-corrected chi connectivity index (χ0v) is 11.0. The van der Waals surface area contributed by atoms with E-state index < -0.39 is 0 Å². The summed E-state index contributed by atoms with van der Waals surface area (Å²) in [4.78, 5) is 0. The lowest BCUT2D eigenvalue weighted by Gasteiger charge is -2.02. The summed E-state index contributed by atoms with van der Waals surface area (Å²) in [5, 5.41) is 0. The molecule has 0 aromatic heterocycles. The number of unbranched alkanes of at least 4 members (excludes halogenated alkanes) is 1. The van der Waals surface area contributed by atoms with E-state index in [1.54, 1.807) is 5.57 Å². The summed E-state index contributed by atoms with van der Waals surface area (Å²) < 4.78 is 1.19. The first-order chi connectivity index (χ1) is 7.22. The van der Waals surface area contributed by atoms with Crippen LogP contribution < -0.4 is 0 Å². The zero-order chi connectivity index (χ0) is 10.8. The molecule has 0 saturated heterocycles. The van der Waals surface area contributed by atoms with Crippen molar-refractivity contribution in [3.63, 3.8) is 0 Å². The van der Waals surface area contributed by atoms with Gasteiger partial charge in [0.1, 0.15) is 0 Å². The molecular formula is C14H17Br. The van der Waals surface area contributed by atoms with E-state index in [1.165, 1.54) is 46.9 Å². The van der Waals surface area contributed by atoms with Crippen LogP contribution in [0.25, 0.3) is 5.57 Å². The van der Waals surface area contributed by atoms with Gasteiger partial charge in [-0.3, -0.25) is 0 Å². The van der Waals surface area contributed by atoms with Crippen LogP contribution in [-0.2, 0) is 6.42 Å². The highest BCUT2D eigenvalue weighted by Gasteiger charge is 2.17. The summed E-state index contributed by atoms with van der Waals surface area (Å²) >= 11 is 3.54. The molecule has 0 saturated carbocycles. The first kappa shape index (κ1) is 10.9. The van der Waals surface area contributed by atoms with Gasteiger partial charge < -0.3 is 0 Å². The van der Waals surface area contributed by atoms with Crippen LogP contribution in [0.15, 0.2) is 28.2 Å². The molecule has 1 heteroatoms. The molecule has 2 rings (SSSR count). The van der Waals surface area contributed by atoms with E-state index in [2.05, 4.69) is 48.0 Å². The summed E-state index contributed by atoms with van der Waals surface area (Å²) in [5.74, 6) is 0. The van der Waals surface area contributed by atoms with Gasteiger partial charge in [-0.1, -0.05) is 40.9 Å². The lowest BCUT2D eigenvalue weighted by Crippen LogP contribution is -1.85. The minimum atomic E-state index is 1.18. The molecule has 0 atom stereocenters. The molecule has 0 N–H and O–H groups in total. The average Bonchev–Trinajstić information content (AvgIpc) is 2.53. The molecule has 0 heterocycles. The quantitative estimate of drug-likeness (QED) is 0.723. The fourth-order valence-corrected chi connectivity index (χ4v) is 2.63. The van der Waals surface area contributed by atoms with Crippen molar-refractivity contribution in [1.82, 2.24) is 0 Å². The Labute approximate surface area is 101 Å². The van der Waals surface area contributed by atoms with Gasteiger partial charge in [-0.2, -0.15) is 0 Å². The molecular weight excluding hydrogens is 248 g/mol. The third-order valence-electron chi connectivity index (χ3n) is 3.24. The summed E-state index contributed by atoms with van der Waals surface area (Å²) in [7, 11) is 0. The van der Waals surface area contributed by atoms with Crippen molar-refractivity contribution >= 4 is 21.5 Å². The molecule has 1 aromatic rings. The van der Waals surface area contributed by atoms with E-state index in [4.69, 9.17) is 0 Å². The number of rotatable bonds is 3. The highest BCUT2D eigenvalue weighted by Crippen LogP contribution is 2.36. The Morgan fingerprint density at radius 1 is 1.33 bits per heavy atom. The largest absolute Gasteiger partial charge is 0.0654 e. The van der Waals surface area contributed by atoms with Crippen LogP contribution in [0.2, 0.25) is 0 Å². The van der Waals surface area contributed by atoms with E-state index in [1.807, 2.05) is 0 Å². The summed E-state index contributed by atoms with van der Waals surface area (Å²) in [6.07, 6.45) is 5.06. The molecule has 0 fully saturated rings. The first-order valence-electron chi connectivity index (χ1n) is 5.69. The molecule has 80 valence electrons. The topological polar surface area (TPSA) is 0 Å². The second-order valence-corrected chi connectivity index (χ2v) is 5.23. The lowest BCUT2D eigenvalue weighted by molar-refractivity contribution is 0.777. The lowest BCUT2D eigenvalue weighted by atomic mass is 10.0. The molecule has 15 heavy (non-hydrogen) atoms. The molecule has 0 radical (unpaired) electrons. The van der Waals surface area contributed by atoms with Crippen molar-refractivity contribution in [1.29, 1.82) is 0 Å². The predicted molar refractivity (Wildman–Crippen MR) is 70.0 cm³/mol. The van der Waals surface area contributed by atoms with Crippen LogP contribution in [0, 0.1) is 0 Å². The van der Waals surface area contributed by atoms with E-state index in [0.29, 0.717) is 0 Å². The van der Waals surface area contributed by atoms with Crippen LogP contribution >= 0.6 is 15.9 Å². The first-order valence-corrected chi connectivity index (χ1v) is 6.49. The van der Waals surface area contributed by atoms with Crippen LogP contribution in [-0.4, -0.2) is 0 Å². The molecule has 1 aliphatic carbocycles. The third kappa shape index (κ3) is 2.17. The Hall–Kier alpha value is -0.560. The monoisotopic (exact) mass is 264 g/mol. The summed E-state index contributed by atoms with van der Waals surface area (Å²) in [6, 6.07) is 6.65. The van der Waals surface area contributed by atoms with Gasteiger partial charge in [-0.25, -0.2) is 0 Å². The van der Waals surface area contributed by atoms with Crippen molar-refractivity contribution in [2.24, 2.45) is 0 Å². The van der Waals surface area contributed by atoms with Gasteiger partial charge in [-0.15, -0.1) is 0 Å². The average molecular weight is 265 g/mol. The second kappa shape index (κ2) is 4.52. The number of halogens is 1. The number of benzene rings is 1. The van der Waals surface area contributed by atoms with E-state index in [-0.39, 0.29) is 0 Å². The predicted octanol–water partition coefficient (Wildman–Crippen LogP) is 4.97. The van der Waals surface area contributed by atoms with Crippen molar-refractivity contribution in [2.45, 2.75) is 39.5 Å². The normalized spacial score (nSPS) is 14.6. The van der Waals surface area contributed by atoms with Gasteiger partial charge in [0.15, 0.2) is 0 Å². The molecule has 0 amide bonds. The van der Waals surface area contributed by atoms with Crippen LogP contribution in [0.3, 0.4) is 0 Å². The van der Waals surface area contributed by atoms with E-state index >= 15 is 0 Å². The van der Waals surface area contributed by atoms with Gasteiger partial charge in [0.05, 0.1) is 0 Å². The Morgan fingerprint density at radius 2 is 2.13 bits per heavy atom. The Balaban J connectivity index is 2.26. The minimum Gasteiger partial charge on any atom is -0.0654 e. The summed E-state index contributed by atoms with van der Waals surface area (Å²) in [5.41, 5.74) is 6.11. The van der Waals surface area contributed by atoms with E-state index in [0.717, 1.165) is 0 Å². The number of hydrogen-bond acceptors (Lipinski definition) is 0.